The van der Waals surface area contributed by atoms with E-state index in [0.717, 1.165) is 49.5 Å². The standard InChI is InChI=1S/C14H22N2OS/c1-3-4-14(5-7-15-8-6-14)13(17)9-12-10-18-11(2)16-12/h10,15H,3-9H2,1-2H3. The first kappa shape index (κ1) is 13.7. The minimum Gasteiger partial charge on any atom is -0.317 e. The number of piperidine rings is 1. The monoisotopic (exact) mass is 266 g/mol. The molecule has 2 rings (SSSR count). The van der Waals surface area contributed by atoms with Crippen molar-refractivity contribution in [2.24, 2.45) is 5.41 Å². The van der Waals surface area contributed by atoms with Gasteiger partial charge in [-0.25, -0.2) is 4.98 Å². The van der Waals surface area contributed by atoms with Gasteiger partial charge in [0.15, 0.2) is 0 Å². The predicted octanol–water partition coefficient (Wildman–Crippen LogP) is 2.73. The molecule has 1 aromatic rings. The van der Waals surface area contributed by atoms with Gasteiger partial charge in [0.2, 0.25) is 0 Å². The largest absolute Gasteiger partial charge is 0.317 e. The lowest BCUT2D eigenvalue weighted by Gasteiger charge is -2.36. The van der Waals surface area contributed by atoms with Crippen molar-refractivity contribution in [2.45, 2.75) is 46.0 Å². The Morgan fingerprint density at radius 1 is 1.50 bits per heavy atom. The van der Waals surface area contributed by atoms with Crippen molar-refractivity contribution in [3.05, 3.63) is 16.1 Å². The van der Waals surface area contributed by atoms with E-state index in [4.69, 9.17) is 0 Å². The van der Waals surface area contributed by atoms with Gasteiger partial charge in [-0.2, -0.15) is 0 Å². The average molecular weight is 266 g/mol. The second-order valence-corrected chi connectivity index (χ2v) is 6.30. The molecule has 1 saturated heterocycles. The summed E-state index contributed by atoms with van der Waals surface area (Å²) in [6.45, 7) is 6.11. The minimum absolute atomic E-state index is 0.0858. The number of thiazole rings is 1. The molecule has 0 aromatic carbocycles. The maximum atomic E-state index is 12.6. The van der Waals surface area contributed by atoms with Crippen molar-refractivity contribution in [1.82, 2.24) is 10.3 Å². The Morgan fingerprint density at radius 3 is 2.78 bits per heavy atom. The van der Waals surface area contributed by atoms with Crippen molar-refractivity contribution in [3.63, 3.8) is 0 Å². The molecule has 3 nitrogen and oxygen atoms in total. The molecule has 4 heteroatoms. The van der Waals surface area contributed by atoms with Gasteiger partial charge in [0.05, 0.1) is 17.1 Å². The topological polar surface area (TPSA) is 42.0 Å². The van der Waals surface area contributed by atoms with E-state index in [-0.39, 0.29) is 5.41 Å². The molecule has 100 valence electrons. The third-order valence-electron chi connectivity index (χ3n) is 3.89. The number of aromatic nitrogens is 1. The fourth-order valence-corrected chi connectivity index (χ4v) is 3.51. The number of carbonyl (C=O) groups excluding carboxylic acids is 1. The zero-order valence-corrected chi connectivity index (χ0v) is 12.1. The molecule has 1 fully saturated rings. The second kappa shape index (κ2) is 5.93. The van der Waals surface area contributed by atoms with Crippen LogP contribution in [0.25, 0.3) is 0 Å². The van der Waals surface area contributed by atoms with Crippen molar-refractivity contribution in [2.75, 3.05) is 13.1 Å². The third-order valence-corrected chi connectivity index (χ3v) is 4.71. The Kier molecular flexibility index (Phi) is 4.51. The van der Waals surface area contributed by atoms with Crippen LogP contribution in [0, 0.1) is 12.3 Å². The van der Waals surface area contributed by atoms with E-state index in [1.165, 1.54) is 0 Å². The molecule has 0 bridgehead atoms. The predicted molar refractivity (Wildman–Crippen MR) is 75.0 cm³/mol. The number of hydrogen-bond acceptors (Lipinski definition) is 4. The summed E-state index contributed by atoms with van der Waals surface area (Å²) in [4.78, 5) is 17.0. The van der Waals surface area contributed by atoms with Crippen molar-refractivity contribution < 1.29 is 4.79 Å². The van der Waals surface area contributed by atoms with E-state index in [9.17, 15) is 4.79 Å². The van der Waals surface area contributed by atoms with E-state index in [1.54, 1.807) is 11.3 Å². The number of nitrogens with one attached hydrogen (secondary N) is 1. The van der Waals surface area contributed by atoms with E-state index in [1.807, 2.05) is 12.3 Å². The summed E-state index contributed by atoms with van der Waals surface area (Å²) in [6.07, 6.45) is 4.61. The van der Waals surface area contributed by atoms with E-state index >= 15 is 0 Å². The van der Waals surface area contributed by atoms with Gasteiger partial charge in [0.1, 0.15) is 5.78 Å². The van der Waals surface area contributed by atoms with Crippen LogP contribution in [0.5, 0.6) is 0 Å². The molecule has 0 unspecified atom stereocenters. The van der Waals surface area contributed by atoms with Gasteiger partial charge in [-0.05, 0) is 39.3 Å². The number of rotatable bonds is 5. The summed E-state index contributed by atoms with van der Waals surface area (Å²) >= 11 is 1.63. The van der Waals surface area contributed by atoms with Crippen LogP contribution < -0.4 is 5.32 Å². The van der Waals surface area contributed by atoms with Crippen LogP contribution in [-0.4, -0.2) is 23.9 Å². The maximum Gasteiger partial charge on any atom is 0.145 e. The van der Waals surface area contributed by atoms with Gasteiger partial charge in [0.25, 0.3) is 0 Å². The van der Waals surface area contributed by atoms with Gasteiger partial charge >= 0.3 is 0 Å². The summed E-state index contributed by atoms with van der Waals surface area (Å²) in [5.74, 6) is 0.399. The van der Waals surface area contributed by atoms with Gasteiger partial charge in [-0.1, -0.05) is 13.3 Å². The Morgan fingerprint density at radius 2 is 2.22 bits per heavy atom. The molecule has 18 heavy (non-hydrogen) atoms. The first-order chi connectivity index (χ1) is 8.66. The fourth-order valence-electron chi connectivity index (χ4n) is 2.89. The smallest absolute Gasteiger partial charge is 0.145 e. The fraction of sp³-hybridized carbons (Fsp3) is 0.714. The van der Waals surface area contributed by atoms with Gasteiger partial charge in [-0.3, -0.25) is 4.79 Å². The Hall–Kier alpha value is -0.740. The van der Waals surface area contributed by atoms with Crippen LogP contribution >= 0.6 is 11.3 Å². The molecule has 1 aliphatic heterocycles. The second-order valence-electron chi connectivity index (χ2n) is 5.24. The van der Waals surface area contributed by atoms with E-state index < -0.39 is 0 Å². The van der Waals surface area contributed by atoms with E-state index in [0.29, 0.717) is 12.2 Å². The van der Waals surface area contributed by atoms with E-state index in [2.05, 4.69) is 17.2 Å². The molecule has 2 heterocycles. The average Bonchev–Trinajstić information content (AvgIpc) is 2.76. The zero-order valence-electron chi connectivity index (χ0n) is 11.3. The quantitative estimate of drug-likeness (QED) is 0.891. The van der Waals surface area contributed by atoms with Gasteiger partial charge < -0.3 is 5.32 Å². The summed E-state index contributed by atoms with van der Waals surface area (Å²) in [7, 11) is 0. The lowest BCUT2D eigenvalue weighted by molar-refractivity contribution is -0.130. The summed E-state index contributed by atoms with van der Waals surface area (Å²) in [5, 5.41) is 6.43. The number of hydrogen-bond donors (Lipinski definition) is 1. The number of nitrogens with zero attached hydrogens (tertiary/aromatic N) is 1. The van der Waals surface area contributed by atoms with Crippen LogP contribution in [0.1, 0.15) is 43.3 Å². The van der Waals surface area contributed by atoms with Gasteiger partial charge in [0, 0.05) is 10.8 Å². The highest BCUT2D eigenvalue weighted by molar-refractivity contribution is 7.09. The van der Waals surface area contributed by atoms with Crippen LogP contribution in [0.2, 0.25) is 0 Å². The molecule has 0 saturated carbocycles. The Labute approximate surface area is 113 Å². The van der Waals surface area contributed by atoms with Crippen LogP contribution in [0.15, 0.2) is 5.38 Å². The highest BCUT2D eigenvalue weighted by atomic mass is 32.1. The van der Waals surface area contributed by atoms with Crippen molar-refractivity contribution >= 4 is 17.1 Å². The lowest BCUT2D eigenvalue weighted by Crippen LogP contribution is -2.42. The maximum absolute atomic E-state index is 12.6. The molecule has 0 atom stereocenters. The van der Waals surface area contributed by atoms with Gasteiger partial charge in [-0.15, -0.1) is 11.3 Å². The molecule has 1 aromatic heterocycles. The zero-order chi connectivity index (χ0) is 13.0. The molecule has 0 amide bonds. The van der Waals surface area contributed by atoms with Crippen LogP contribution in [-0.2, 0) is 11.2 Å². The van der Waals surface area contributed by atoms with Crippen LogP contribution in [0.4, 0.5) is 0 Å². The molecular weight excluding hydrogens is 244 g/mol. The molecule has 0 spiro atoms. The highest BCUT2D eigenvalue weighted by Gasteiger charge is 2.38. The summed E-state index contributed by atoms with van der Waals surface area (Å²) < 4.78 is 0. The normalized spacial score (nSPS) is 18.8. The molecule has 0 aliphatic carbocycles. The first-order valence-electron chi connectivity index (χ1n) is 6.81. The molecule has 0 radical (unpaired) electrons. The number of carbonyl (C=O) groups is 1. The Bertz CT molecular complexity index is 402. The molecule has 1 aliphatic rings. The Balaban J connectivity index is 2.08. The molecule has 1 N–H and O–H groups in total. The van der Waals surface area contributed by atoms with Crippen molar-refractivity contribution in [3.8, 4) is 0 Å². The van der Waals surface area contributed by atoms with Crippen molar-refractivity contribution in [1.29, 1.82) is 0 Å². The molecular formula is C14H22N2OS. The first-order valence-corrected chi connectivity index (χ1v) is 7.69. The number of aryl methyl sites for hydroxylation is 1. The highest BCUT2D eigenvalue weighted by Crippen LogP contribution is 2.36. The lowest BCUT2D eigenvalue weighted by atomic mass is 9.71. The summed E-state index contributed by atoms with van der Waals surface area (Å²) in [6, 6.07) is 0. The van der Waals surface area contributed by atoms with Crippen LogP contribution in [0.3, 0.4) is 0 Å². The SMILES string of the molecule is CCCC1(C(=O)Cc2csc(C)n2)CCNCC1. The third kappa shape index (κ3) is 2.98. The summed E-state index contributed by atoms with van der Waals surface area (Å²) in [5.41, 5.74) is 0.869. The number of ketones is 1. The number of Topliss-reactive ketones (excluding diaryl/α,β-unsaturated/α-hetero) is 1. The minimum atomic E-state index is -0.0858.